The van der Waals surface area contributed by atoms with E-state index in [0.29, 0.717) is 91.8 Å². The Hall–Kier alpha value is -10.2. The summed E-state index contributed by atoms with van der Waals surface area (Å²) in [6, 6.07) is 61.4. The molecule has 0 atom stereocenters. The van der Waals surface area contributed by atoms with Crippen molar-refractivity contribution in [3.05, 3.63) is 182 Å². The summed E-state index contributed by atoms with van der Waals surface area (Å²) in [4.78, 5) is 77.6. The molecular formula is C64H34N16Tb. The second-order valence-electron chi connectivity index (χ2n) is 19.9. The van der Waals surface area contributed by atoms with Crippen LogP contribution in [0.15, 0.2) is 182 Å². The van der Waals surface area contributed by atoms with Crippen LogP contribution in [0.2, 0.25) is 0 Å². The number of H-pyrrole nitrogens is 4. The summed E-state index contributed by atoms with van der Waals surface area (Å²) in [7, 11) is 0. The van der Waals surface area contributed by atoms with Gasteiger partial charge in [-0.25, -0.2) is 0 Å². The van der Waals surface area contributed by atoms with E-state index in [-0.39, 0.29) is 0 Å². The van der Waals surface area contributed by atoms with E-state index in [1.807, 2.05) is 146 Å². The molecule has 4 aliphatic heterocycles. The molecule has 4 N–H and O–H groups in total. The average Bonchev–Trinajstić information content (AvgIpc) is 4.60. The predicted octanol–water partition coefficient (Wildman–Crippen LogP) is 12.1. The first-order valence-corrected chi connectivity index (χ1v) is 28.3. The molecule has 8 aromatic carbocycles. The topological polar surface area (TPSA) is 218 Å². The fraction of sp³-hybridized carbons (Fsp3) is 0. The van der Waals surface area contributed by atoms with Gasteiger partial charge in [-0.1, -0.05) is 12.1 Å². The second-order valence-corrected chi connectivity index (χ2v) is 22.7. The van der Waals surface area contributed by atoms with E-state index in [4.69, 9.17) is 59.8 Å². The van der Waals surface area contributed by atoms with Gasteiger partial charge in [-0.05, 0) is 0 Å². The molecule has 0 radical (unpaired) electrons. The Labute approximate surface area is 475 Å². The Morgan fingerprint density at radius 3 is 0.679 bits per heavy atom. The van der Waals surface area contributed by atoms with Crippen LogP contribution in [0.3, 0.4) is 0 Å². The average molecular weight is 1190 g/mol. The molecule has 17 heteroatoms. The number of fused-ring (bicyclic) bond motifs is 40. The van der Waals surface area contributed by atoms with Gasteiger partial charge in [0.15, 0.2) is 0 Å². The van der Waals surface area contributed by atoms with Crippen LogP contribution in [0.5, 0.6) is 0 Å². The van der Waals surface area contributed by atoms with Gasteiger partial charge >= 0.3 is 467 Å². The maximum atomic E-state index is 5.46. The van der Waals surface area contributed by atoms with Crippen molar-refractivity contribution < 1.29 is 34.6 Å². The van der Waals surface area contributed by atoms with Gasteiger partial charge in [-0.15, -0.1) is 0 Å². The van der Waals surface area contributed by atoms with Crippen LogP contribution in [-0.2, 0) is 0 Å². The minimum absolute atomic E-state index is 0.534. The third-order valence-electron chi connectivity index (χ3n) is 15.2. The van der Waals surface area contributed by atoms with Crippen LogP contribution in [0.1, 0.15) is 0 Å². The molecule has 0 amide bonds. The maximum absolute atomic E-state index is 5.46. The molecule has 0 spiro atoms. The van der Waals surface area contributed by atoms with Crippen LogP contribution in [0.25, 0.3) is 179 Å². The van der Waals surface area contributed by atoms with E-state index < -0.39 is 34.6 Å². The third kappa shape index (κ3) is 6.88. The number of nitrogens with one attached hydrogen (secondary N) is 4. The molecule has 81 heavy (non-hydrogen) atoms. The first-order valence-electron chi connectivity index (χ1n) is 26.2. The van der Waals surface area contributed by atoms with Gasteiger partial charge in [0.05, 0.1) is 0 Å². The summed E-state index contributed by atoms with van der Waals surface area (Å²) in [5.41, 5.74) is 12.1. The number of nitrogens with zero attached hydrogens (tertiary/aromatic N) is 12. The summed E-state index contributed by atoms with van der Waals surface area (Å²) in [6.07, 6.45) is 0. The van der Waals surface area contributed by atoms with Gasteiger partial charge in [0, 0.05) is 0 Å². The third-order valence-corrected chi connectivity index (χ3v) is 18.1. The molecule has 0 saturated carbocycles. The monoisotopic (exact) mass is 1190 g/mol. The van der Waals surface area contributed by atoms with Gasteiger partial charge in [0.25, 0.3) is 0 Å². The zero-order valence-electron chi connectivity index (χ0n) is 42.0. The van der Waals surface area contributed by atoms with Crippen molar-refractivity contribution in [3.8, 4) is 91.1 Å². The predicted molar refractivity (Wildman–Crippen MR) is 311 cm³/mol. The Bertz CT molecular complexity index is 5150. The normalized spacial score (nSPS) is 12.3. The second kappa shape index (κ2) is 17.1. The van der Waals surface area contributed by atoms with Crippen molar-refractivity contribution in [2.24, 2.45) is 0 Å². The quantitative estimate of drug-likeness (QED) is 0.127. The Morgan fingerprint density at radius 2 is 0.407 bits per heavy atom. The fourth-order valence-corrected chi connectivity index (χ4v) is 14.5. The summed E-state index contributed by atoms with van der Waals surface area (Å²) >= 11 is -1.24. The summed E-state index contributed by atoms with van der Waals surface area (Å²) in [5, 5.41) is 7.33. The zero-order valence-corrected chi connectivity index (χ0v) is 44.2. The standard InChI is InChI=1S/2C32H17N8.Tb/c2*1-2-10-18-17(9-1)25-33-26(18)38-28-21-13-5-6-14-22(21)30(35-28)40-32-24-16-8-7-15-23(24)31(36-32)39-29-20-12-4-3-11-19(20)27(34-29)37-25;/h2*1-15H,(H2,33,34,35,36,37,38,39,40);. The van der Waals surface area contributed by atoms with Crippen LogP contribution in [0.4, 0.5) is 0 Å². The van der Waals surface area contributed by atoms with E-state index in [0.717, 1.165) is 90.7 Å². The van der Waals surface area contributed by atoms with Crippen molar-refractivity contribution in [1.29, 1.82) is 0 Å². The molecular weight excluding hydrogens is 1150 g/mol. The number of aromatic amines is 4. The number of benzene rings is 8. The molecule has 14 aromatic rings. The number of hydrogen-bond donors (Lipinski definition) is 4. The molecule has 16 nitrogen and oxygen atoms in total. The van der Waals surface area contributed by atoms with Crippen LogP contribution < -0.4 is 3.07 Å². The van der Waals surface area contributed by atoms with Crippen LogP contribution in [-0.4, -0.2) is 79.7 Å². The number of rotatable bonds is 2. The van der Waals surface area contributed by atoms with E-state index in [9.17, 15) is 0 Å². The summed E-state index contributed by atoms with van der Waals surface area (Å²) in [5.74, 6) is 4.33. The molecule has 0 unspecified atom stereocenters. The van der Waals surface area contributed by atoms with Crippen molar-refractivity contribution in [3.63, 3.8) is 0 Å². The molecule has 0 saturated heterocycles. The van der Waals surface area contributed by atoms with E-state index in [2.05, 4.69) is 56.3 Å². The van der Waals surface area contributed by atoms with Gasteiger partial charge in [0.2, 0.25) is 0 Å². The van der Waals surface area contributed by atoms with Crippen molar-refractivity contribution in [2.45, 2.75) is 0 Å². The molecule has 0 fully saturated rings. The van der Waals surface area contributed by atoms with Crippen molar-refractivity contribution in [1.82, 2.24) is 79.7 Å². The Morgan fingerprint density at radius 1 is 0.198 bits per heavy atom. The molecule has 6 aromatic heterocycles. The molecule has 10 heterocycles. The Balaban J connectivity index is 0.912. The fourth-order valence-electron chi connectivity index (χ4n) is 11.5. The summed E-state index contributed by atoms with van der Waals surface area (Å²) < 4.78 is 2.23. The molecule has 18 rings (SSSR count). The van der Waals surface area contributed by atoms with Gasteiger partial charge in [0.1, 0.15) is 0 Å². The van der Waals surface area contributed by atoms with E-state index in [1.165, 1.54) is 0 Å². The van der Waals surface area contributed by atoms with Gasteiger partial charge in [-0.3, -0.25) is 0 Å². The van der Waals surface area contributed by atoms with Gasteiger partial charge < -0.3 is 0 Å². The Kier molecular flexibility index (Phi) is 9.46. The molecule has 16 bridgehead atoms. The van der Waals surface area contributed by atoms with Crippen molar-refractivity contribution in [2.75, 3.05) is 0 Å². The SMILES string of the molecule is c1ccc2c(c1)-c1nc-2nc2[nH]c(nc3nc(nc4[nH]c(n1)c1ccccc41)-c1ccccc1-3)c1[c]([Tb][c]3cccc4c5nc6nc(nc7[nH]c(nc8nc(nc([nH]5)c34)-c3ccccc3-8)c3ccccc73)-c3ccccc3-6)cccc21. The first-order chi connectivity index (χ1) is 40.1. The molecule has 0 aliphatic carbocycles. The van der Waals surface area contributed by atoms with Crippen LogP contribution >= 0.6 is 0 Å². The number of hydrogen-bond acceptors (Lipinski definition) is 12. The van der Waals surface area contributed by atoms with Crippen molar-refractivity contribution >= 4 is 91.3 Å². The summed E-state index contributed by atoms with van der Waals surface area (Å²) in [6.45, 7) is 0. The van der Waals surface area contributed by atoms with E-state index >= 15 is 0 Å². The minimum atomic E-state index is -1.24. The van der Waals surface area contributed by atoms with Crippen LogP contribution in [0, 0.1) is 34.6 Å². The first kappa shape index (κ1) is 44.7. The van der Waals surface area contributed by atoms with E-state index in [1.54, 1.807) is 0 Å². The number of aromatic nitrogens is 16. The van der Waals surface area contributed by atoms with Gasteiger partial charge in [-0.2, -0.15) is 0 Å². The molecule has 379 valence electrons. The zero-order chi connectivity index (χ0) is 52.9. The molecule has 4 aliphatic rings.